The fourth-order valence-electron chi connectivity index (χ4n) is 1.71. The first-order valence-electron chi connectivity index (χ1n) is 5.77. The van der Waals surface area contributed by atoms with Crippen LogP contribution in [0.2, 0.25) is 0 Å². The molecule has 5 nitrogen and oxygen atoms in total. The maximum Gasteiger partial charge on any atom is 0.237 e. The van der Waals surface area contributed by atoms with E-state index in [-0.39, 0.29) is 17.9 Å². The third-order valence-electron chi connectivity index (χ3n) is 3.21. The Kier molecular flexibility index (Phi) is 5.18. The molecule has 0 saturated heterocycles. The van der Waals surface area contributed by atoms with Gasteiger partial charge in [-0.15, -0.1) is 0 Å². The molecule has 1 rings (SSSR count). The molecule has 1 aliphatic carbocycles. The molecular weight excluding hydrogens is 208 g/mol. The number of nitrogens with one attached hydrogen (secondary N) is 1. The molecule has 4 N–H and O–H groups in total. The van der Waals surface area contributed by atoms with Gasteiger partial charge in [0.2, 0.25) is 5.91 Å². The summed E-state index contributed by atoms with van der Waals surface area (Å²) >= 11 is 0. The number of rotatable bonds is 8. The smallest absolute Gasteiger partial charge is 0.237 e. The summed E-state index contributed by atoms with van der Waals surface area (Å²) in [4.78, 5) is 11.6. The van der Waals surface area contributed by atoms with Crippen molar-refractivity contribution in [3.05, 3.63) is 0 Å². The molecule has 0 aromatic heterocycles. The van der Waals surface area contributed by atoms with Crippen molar-refractivity contribution in [2.75, 3.05) is 26.9 Å². The number of carbonyl (C=O) groups is 1. The molecule has 0 aliphatic heterocycles. The lowest BCUT2D eigenvalue weighted by molar-refractivity contribution is -0.123. The minimum absolute atomic E-state index is 0.124. The van der Waals surface area contributed by atoms with E-state index in [0.717, 1.165) is 19.3 Å². The van der Waals surface area contributed by atoms with Crippen LogP contribution in [0.1, 0.15) is 25.7 Å². The number of carbonyl (C=O) groups excluding carboxylic acids is 1. The van der Waals surface area contributed by atoms with Gasteiger partial charge in [-0.25, -0.2) is 0 Å². The Hall–Kier alpha value is -0.650. The van der Waals surface area contributed by atoms with E-state index in [1.807, 2.05) is 0 Å². The highest BCUT2D eigenvalue weighted by atomic mass is 16.5. The fourth-order valence-corrected chi connectivity index (χ4v) is 1.71. The van der Waals surface area contributed by atoms with Gasteiger partial charge in [0.15, 0.2) is 0 Å². The molecule has 0 radical (unpaired) electrons. The summed E-state index contributed by atoms with van der Waals surface area (Å²) in [6.07, 6.45) is 3.47. The molecule has 0 bridgehead atoms. The molecule has 94 valence electrons. The second-order valence-corrected chi connectivity index (χ2v) is 4.58. The van der Waals surface area contributed by atoms with Crippen LogP contribution in [0, 0.1) is 5.41 Å². The standard InChI is InChI=1S/C11H22N2O3/c1-16-7-2-9(12)10(15)13-8-11(3-4-11)5-6-14/h9,14H,2-8,12H2,1H3,(H,13,15). The van der Waals surface area contributed by atoms with Crippen LogP contribution in [-0.2, 0) is 9.53 Å². The Morgan fingerprint density at radius 2 is 2.31 bits per heavy atom. The molecule has 1 saturated carbocycles. The highest BCUT2D eigenvalue weighted by Crippen LogP contribution is 2.47. The second kappa shape index (κ2) is 6.18. The van der Waals surface area contributed by atoms with E-state index in [1.54, 1.807) is 7.11 Å². The number of methoxy groups -OCH3 is 1. The number of nitrogens with two attached hydrogens (primary N) is 1. The fraction of sp³-hybridized carbons (Fsp3) is 0.909. The summed E-state index contributed by atoms with van der Waals surface area (Å²) in [7, 11) is 1.59. The largest absolute Gasteiger partial charge is 0.396 e. The monoisotopic (exact) mass is 230 g/mol. The average Bonchev–Trinajstić information content (AvgIpc) is 3.03. The molecule has 0 aromatic carbocycles. The van der Waals surface area contributed by atoms with Crippen LogP contribution in [0.15, 0.2) is 0 Å². The average molecular weight is 230 g/mol. The van der Waals surface area contributed by atoms with Crippen LogP contribution in [0.5, 0.6) is 0 Å². The molecule has 0 aromatic rings. The third-order valence-corrected chi connectivity index (χ3v) is 3.21. The van der Waals surface area contributed by atoms with Crippen LogP contribution in [0.3, 0.4) is 0 Å². The molecule has 1 unspecified atom stereocenters. The molecule has 5 heteroatoms. The van der Waals surface area contributed by atoms with Gasteiger partial charge in [0.05, 0.1) is 6.04 Å². The first-order chi connectivity index (χ1) is 7.63. The number of aliphatic hydroxyl groups excluding tert-OH is 1. The van der Waals surface area contributed by atoms with Gasteiger partial charge < -0.3 is 20.9 Å². The number of aliphatic hydroxyl groups is 1. The van der Waals surface area contributed by atoms with E-state index in [0.29, 0.717) is 19.6 Å². The minimum atomic E-state index is -0.495. The molecule has 0 heterocycles. The third kappa shape index (κ3) is 4.08. The van der Waals surface area contributed by atoms with Crippen molar-refractivity contribution in [2.45, 2.75) is 31.7 Å². The Balaban J connectivity index is 2.19. The van der Waals surface area contributed by atoms with Gasteiger partial charge in [-0.2, -0.15) is 0 Å². The van der Waals surface area contributed by atoms with Crippen molar-refractivity contribution in [2.24, 2.45) is 11.1 Å². The molecule has 1 aliphatic rings. The Morgan fingerprint density at radius 1 is 1.62 bits per heavy atom. The predicted molar refractivity (Wildman–Crippen MR) is 60.8 cm³/mol. The van der Waals surface area contributed by atoms with Crippen molar-refractivity contribution >= 4 is 5.91 Å². The molecule has 1 amide bonds. The molecule has 16 heavy (non-hydrogen) atoms. The van der Waals surface area contributed by atoms with Crippen molar-refractivity contribution in [3.63, 3.8) is 0 Å². The van der Waals surface area contributed by atoms with E-state index in [4.69, 9.17) is 15.6 Å². The van der Waals surface area contributed by atoms with Gasteiger partial charge in [0.25, 0.3) is 0 Å². The van der Waals surface area contributed by atoms with Crippen molar-refractivity contribution < 1.29 is 14.6 Å². The van der Waals surface area contributed by atoms with Crippen LogP contribution in [0.25, 0.3) is 0 Å². The van der Waals surface area contributed by atoms with Crippen LogP contribution in [0.4, 0.5) is 0 Å². The molecule has 1 atom stereocenters. The van der Waals surface area contributed by atoms with Crippen molar-refractivity contribution in [1.29, 1.82) is 0 Å². The Bertz CT molecular complexity index is 229. The van der Waals surface area contributed by atoms with E-state index in [9.17, 15) is 4.79 Å². The van der Waals surface area contributed by atoms with Crippen LogP contribution in [-0.4, -0.2) is 43.9 Å². The normalized spacial score (nSPS) is 19.2. The van der Waals surface area contributed by atoms with Gasteiger partial charge >= 0.3 is 0 Å². The first kappa shape index (κ1) is 13.4. The van der Waals surface area contributed by atoms with Crippen LogP contribution >= 0.6 is 0 Å². The number of hydrogen-bond acceptors (Lipinski definition) is 4. The number of amides is 1. The van der Waals surface area contributed by atoms with E-state index in [2.05, 4.69) is 5.32 Å². The predicted octanol–water partition coefficient (Wildman–Crippen LogP) is -0.371. The zero-order valence-electron chi connectivity index (χ0n) is 9.87. The summed E-state index contributed by atoms with van der Waals surface area (Å²) in [5.74, 6) is -0.124. The Labute approximate surface area is 96.3 Å². The zero-order chi connectivity index (χ0) is 12.0. The summed E-state index contributed by atoms with van der Waals surface area (Å²) in [5.41, 5.74) is 5.83. The second-order valence-electron chi connectivity index (χ2n) is 4.58. The summed E-state index contributed by atoms with van der Waals surface area (Å²) in [6, 6.07) is -0.495. The minimum Gasteiger partial charge on any atom is -0.396 e. The van der Waals surface area contributed by atoms with E-state index >= 15 is 0 Å². The Morgan fingerprint density at radius 3 is 2.81 bits per heavy atom. The number of hydrogen-bond donors (Lipinski definition) is 3. The quantitative estimate of drug-likeness (QED) is 0.531. The van der Waals surface area contributed by atoms with Crippen molar-refractivity contribution in [1.82, 2.24) is 5.32 Å². The lowest BCUT2D eigenvalue weighted by Crippen LogP contribution is -2.43. The van der Waals surface area contributed by atoms with Gasteiger partial charge in [0.1, 0.15) is 0 Å². The van der Waals surface area contributed by atoms with Crippen LogP contribution < -0.4 is 11.1 Å². The molecule has 0 spiro atoms. The SMILES string of the molecule is COCCC(N)C(=O)NCC1(CCO)CC1. The molecule has 1 fully saturated rings. The summed E-state index contributed by atoms with van der Waals surface area (Å²) < 4.78 is 4.87. The zero-order valence-corrected chi connectivity index (χ0v) is 9.87. The highest BCUT2D eigenvalue weighted by Gasteiger charge is 2.42. The topological polar surface area (TPSA) is 84.6 Å². The summed E-state index contributed by atoms with van der Waals surface area (Å²) in [5, 5.41) is 11.7. The maximum absolute atomic E-state index is 11.6. The van der Waals surface area contributed by atoms with E-state index in [1.165, 1.54) is 0 Å². The maximum atomic E-state index is 11.6. The van der Waals surface area contributed by atoms with Gasteiger partial charge in [0, 0.05) is 26.9 Å². The summed E-state index contributed by atoms with van der Waals surface area (Å²) in [6.45, 7) is 1.31. The van der Waals surface area contributed by atoms with Gasteiger partial charge in [-0.1, -0.05) is 0 Å². The van der Waals surface area contributed by atoms with Gasteiger partial charge in [-0.3, -0.25) is 4.79 Å². The molecular formula is C11H22N2O3. The van der Waals surface area contributed by atoms with Gasteiger partial charge in [-0.05, 0) is 31.1 Å². The highest BCUT2D eigenvalue weighted by molar-refractivity contribution is 5.81. The lowest BCUT2D eigenvalue weighted by Gasteiger charge is -2.17. The van der Waals surface area contributed by atoms with E-state index < -0.39 is 6.04 Å². The number of ether oxygens (including phenoxy) is 1. The lowest BCUT2D eigenvalue weighted by atomic mass is 10.0. The first-order valence-corrected chi connectivity index (χ1v) is 5.77. The van der Waals surface area contributed by atoms with Crippen molar-refractivity contribution in [3.8, 4) is 0 Å².